The van der Waals surface area contributed by atoms with Gasteiger partial charge in [-0.2, -0.15) is 0 Å². The second-order valence-corrected chi connectivity index (χ2v) is 4.89. The van der Waals surface area contributed by atoms with Gasteiger partial charge in [0.1, 0.15) is 0 Å². The van der Waals surface area contributed by atoms with Crippen LogP contribution >= 0.6 is 11.3 Å². The third kappa shape index (κ3) is 1.93. The maximum atomic E-state index is 6.10. The average molecular weight is 196 g/mol. The van der Waals surface area contributed by atoms with E-state index in [1.807, 2.05) is 0 Å². The van der Waals surface area contributed by atoms with Crippen molar-refractivity contribution in [3.63, 3.8) is 0 Å². The van der Waals surface area contributed by atoms with E-state index >= 15 is 0 Å². The van der Waals surface area contributed by atoms with Gasteiger partial charge in [0, 0.05) is 10.9 Å². The number of piperidine rings is 1. The van der Waals surface area contributed by atoms with Crippen LogP contribution in [-0.4, -0.2) is 12.6 Å². The van der Waals surface area contributed by atoms with Gasteiger partial charge in [0.15, 0.2) is 0 Å². The predicted octanol–water partition coefficient (Wildman–Crippen LogP) is 1.75. The van der Waals surface area contributed by atoms with Crippen LogP contribution < -0.4 is 11.1 Å². The van der Waals surface area contributed by atoms with Crippen molar-refractivity contribution in [3.05, 3.63) is 22.4 Å². The molecule has 13 heavy (non-hydrogen) atoms. The molecule has 0 aliphatic carbocycles. The molecule has 0 bridgehead atoms. The third-order valence-corrected chi connectivity index (χ3v) is 3.59. The molecule has 0 aromatic carbocycles. The molecule has 1 aliphatic heterocycles. The van der Waals surface area contributed by atoms with Crippen molar-refractivity contribution in [2.75, 3.05) is 6.54 Å². The van der Waals surface area contributed by atoms with Crippen molar-refractivity contribution in [3.8, 4) is 0 Å². The molecule has 3 unspecified atom stereocenters. The van der Waals surface area contributed by atoms with Crippen molar-refractivity contribution >= 4 is 11.3 Å². The van der Waals surface area contributed by atoms with Crippen molar-refractivity contribution < 1.29 is 0 Å². The highest BCUT2D eigenvalue weighted by Gasteiger charge is 2.26. The standard InChI is InChI=1S/C10H16N2S/c1-7-5-8(11)10(12-6-7)9-3-2-4-13-9/h2-4,7-8,10,12H,5-6,11H2,1H3. The second-order valence-electron chi connectivity index (χ2n) is 3.91. The molecule has 0 spiro atoms. The molecule has 1 aromatic heterocycles. The highest BCUT2D eigenvalue weighted by Crippen LogP contribution is 2.27. The second kappa shape index (κ2) is 3.78. The molecule has 2 rings (SSSR count). The summed E-state index contributed by atoms with van der Waals surface area (Å²) >= 11 is 1.79. The van der Waals surface area contributed by atoms with Crippen LogP contribution in [0.15, 0.2) is 17.5 Å². The van der Waals surface area contributed by atoms with Crippen molar-refractivity contribution in [1.82, 2.24) is 5.32 Å². The summed E-state index contributed by atoms with van der Waals surface area (Å²) in [5.74, 6) is 0.714. The zero-order valence-corrected chi connectivity index (χ0v) is 8.68. The van der Waals surface area contributed by atoms with E-state index in [-0.39, 0.29) is 6.04 Å². The average Bonchev–Trinajstić information content (AvgIpc) is 2.56. The Hall–Kier alpha value is -0.380. The fourth-order valence-corrected chi connectivity index (χ4v) is 2.82. The van der Waals surface area contributed by atoms with Crippen LogP contribution in [0.2, 0.25) is 0 Å². The van der Waals surface area contributed by atoms with Gasteiger partial charge in [-0.25, -0.2) is 0 Å². The minimum absolute atomic E-state index is 0.280. The summed E-state index contributed by atoms with van der Waals surface area (Å²) in [6.45, 7) is 3.34. The van der Waals surface area contributed by atoms with Gasteiger partial charge in [-0.1, -0.05) is 13.0 Å². The molecule has 0 amide bonds. The van der Waals surface area contributed by atoms with Crippen LogP contribution in [0.1, 0.15) is 24.3 Å². The van der Waals surface area contributed by atoms with Crippen molar-refractivity contribution in [2.45, 2.75) is 25.4 Å². The molecule has 2 heterocycles. The topological polar surface area (TPSA) is 38.0 Å². The zero-order chi connectivity index (χ0) is 9.26. The lowest BCUT2D eigenvalue weighted by molar-refractivity contribution is 0.294. The van der Waals surface area contributed by atoms with Gasteiger partial charge in [0.25, 0.3) is 0 Å². The zero-order valence-electron chi connectivity index (χ0n) is 7.86. The summed E-state index contributed by atoms with van der Waals surface area (Å²) in [4.78, 5) is 1.37. The van der Waals surface area contributed by atoms with Gasteiger partial charge in [-0.3, -0.25) is 0 Å². The summed E-state index contributed by atoms with van der Waals surface area (Å²) in [7, 11) is 0. The first-order valence-corrected chi connectivity index (χ1v) is 5.67. The molecule has 3 atom stereocenters. The smallest absolute Gasteiger partial charge is 0.0568 e. The van der Waals surface area contributed by atoms with Gasteiger partial charge in [0.2, 0.25) is 0 Å². The largest absolute Gasteiger partial charge is 0.326 e. The van der Waals surface area contributed by atoms with Crippen LogP contribution in [0, 0.1) is 5.92 Å². The Balaban J connectivity index is 2.08. The summed E-state index contributed by atoms with van der Waals surface area (Å²) in [5, 5.41) is 5.62. The fourth-order valence-electron chi connectivity index (χ4n) is 1.94. The monoisotopic (exact) mass is 196 g/mol. The van der Waals surface area contributed by atoms with E-state index in [9.17, 15) is 0 Å². The van der Waals surface area contributed by atoms with Crippen LogP contribution in [0.5, 0.6) is 0 Å². The highest BCUT2D eigenvalue weighted by atomic mass is 32.1. The molecule has 0 radical (unpaired) electrons. The maximum absolute atomic E-state index is 6.10. The first-order valence-electron chi connectivity index (χ1n) is 4.79. The molecule has 1 aromatic rings. The summed E-state index contributed by atoms with van der Waals surface area (Å²) in [6, 6.07) is 4.92. The Morgan fingerprint density at radius 3 is 3.08 bits per heavy atom. The number of nitrogens with one attached hydrogen (secondary N) is 1. The SMILES string of the molecule is CC1CNC(c2cccs2)C(N)C1. The van der Waals surface area contributed by atoms with E-state index in [1.165, 1.54) is 4.88 Å². The van der Waals surface area contributed by atoms with E-state index in [0.29, 0.717) is 12.0 Å². The number of nitrogens with two attached hydrogens (primary N) is 1. The lowest BCUT2D eigenvalue weighted by Gasteiger charge is -2.32. The lowest BCUT2D eigenvalue weighted by atomic mass is 9.91. The highest BCUT2D eigenvalue weighted by molar-refractivity contribution is 7.10. The van der Waals surface area contributed by atoms with E-state index < -0.39 is 0 Å². The van der Waals surface area contributed by atoms with Crippen molar-refractivity contribution in [2.24, 2.45) is 11.7 Å². The number of hydrogen-bond acceptors (Lipinski definition) is 3. The number of hydrogen-bond donors (Lipinski definition) is 2. The molecular formula is C10H16N2S. The predicted molar refractivity (Wildman–Crippen MR) is 56.8 cm³/mol. The summed E-state index contributed by atoms with van der Waals surface area (Å²) < 4.78 is 0. The van der Waals surface area contributed by atoms with Crippen LogP contribution in [0.25, 0.3) is 0 Å². The molecule has 1 aliphatic rings. The number of thiophene rings is 1. The van der Waals surface area contributed by atoms with E-state index in [2.05, 4.69) is 29.8 Å². The van der Waals surface area contributed by atoms with Gasteiger partial charge in [-0.05, 0) is 30.3 Å². The van der Waals surface area contributed by atoms with E-state index in [1.54, 1.807) is 11.3 Å². The van der Waals surface area contributed by atoms with E-state index in [4.69, 9.17) is 5.73 Å². The minimum Gasteiger partial charge on any atom is -0.326 e. The van der Waals surface area contributed by atoms with Crippen LogP contribution in [-0.2, 0) is 0 Å². The quantitative estimate of drug-likeness (QED) is 0.718. The van der Waals surface area contributed by atoms with E-state index in [0.717, 1.165) is 13.0 Å². The van der Waals surface area contributed by atoms with Gasteiger partial charge in [-0.15, -0.1) is 11.3 Å². The third-order valence-electron chi connectivity index (χ3n) is 2.64. The lowest BCUT2D eigenvalue weighted by Crippen LogP contribution is -2.45. The normalized spacial score (nSPS) is 34.8. The molecule has 3 N–H and O–H groups in total. The molecular weight excluding hydrogens is 180 g/mol. The molecule has 3 heteroatoms. The fraction of sp³-hybridized carbons (Fsp3) is 0.600. The van der Waals surface area contributed by atoms with Gasteiger partial charge < -0.3 is 11.1 Å². The first kappa shape index (κ1) is 9.19. The summed E-state index contributed by atoms with van der Waals surface area (Å²) in [6.07, 6.45) is 1.13. The van der Waals surface area contributed by atoms with Gasteiger partial charge >= 0.3 is 0 Å². The molecule has 1 saturated heterocycles. The van der Waals surface area contributed by atoms with Crippen LogP contribution in [0.4, 0.5) is 0 Å². The van der Waals surface area contributed by atoms with Crippen LogP contribution in [0.3, 0.4) is 0 Å². The Morgan fingerprint density at radius 1 is 1.62 bits per heavy atom. The molecule has 0 saturated carbocycles. The Kier molecular flexibility index (Phi) is 2.67. The molecule has 72 valence electrons. The molecule has 1 fully saturated rings. The Labute approximate surface area is 83.1 Å². The van der Waals surface area contributed by atoms with Crippen molar-refractivity contribution in [1.29, 1.82) is 0 Å². The first-order chi connectivity index (χ1) is 6.27. The minimum atomic E-state index is 0.280. The molecule has 2 nitrogen and oxygen atoms in total. The summed E-state index contributed by atoms with van der Waals surface area (Å²) in [5.41, 5.74) is 6.10. The maximum Gasteiger partial charge on any atom is 0.0568 e. The Morgan fingerprint density at radius 2 is 2.46 bits per heavy atom. The van der Waals surface area contributed by atoms with Gasteiger partial charge in [0.05, 0.1) is 6.04 Å². The Bertz CT molecular complexity index is 258. The number of rotatable bonds is 1.